The Bertz CT molecular complexity index is 566. The van der Waals surface area contributed by atoms with Gasteiger partial charge in [-0.3, -0.25) is 0 Å². The Morgan fingerprint density at radius 2 is 1.95 bits per heavy atom. The van der Waals surface area contributed by atoms with Crippen LogP contribution in [-0.2, 0) is 10.0 Å². The molecule has 5 nitrogen and oxygen atoms in total. The van der Waals surface area contributed by atoms with E-state index in [4.69, 9.17) is 5.11 Å². The molecule has 0 atom stereocenters. The number of aliphatic hydroxyl groups excluding tert-OH is 1. The van der Waals surface area contributed by atoms with Crippen LogP contribution >= 0.6 is 0 Å². The van der Waals surface area contributed by atoms with Crippen molar-refractivity contribution < 1.29 is 13.5 Å². The molecule has 112 valence electrons. The quantitative estimate of drug-likeness (QED) is 0.800. The lowest BCUT2D eigenvalue weighted by atomic mass is 10.0. The molecule has 0 aliphatic heterocycles. The molecule has 1 aliphatic carbocycles. The maximum Gasteiger partial charge on any atom is 0.244 e. The van der Waals surface area contributed by atoms with Crippen LogP contribution in [0, 0.1) is 5.41 Å². The number of hydrogen-bond donors (Lipinski definition) is 2. The molecule has 0 bridgehead atoms. The standard InChI is InChI=1S/C14H22N2O3S/c1-16(2)20(18,19)13-6-4-3-5-12(13)15-11-14(7-8-14)9-10-17/h3-6,15,17H,7-11H2,1-2H3. The lowest BCUT2D eigenvalue weighted by Crippen LogP contribution is -2.24. The van der Waals surface area contributed by atoms with E-state index in [0.29, 0.717) is 17.1 Å². The van der Waals surface area contributed by atoms with E-state index in [-0.39, 0.29) is 12.0 Å². The minimum absolute atomic E-state index is 0.143. The summed E-state index contributed by atoms with van der Waals surface area (Å²) in [5.41, 5.74) is 0.773. The molecule has 1 aliphatic rings. The minimum atomic E-state index is -3.45. The second-order valence-electron chi connectivity index (χ2n) is 5.61. The van der Waals surface area contributed by atoms with Gasteiger partial charge in [-0.25, -0.2) is 12.7 Å². The zero-order valence-corrected chi connectivity index (χ0v) is 12.8. The zero-order valence-electron chi connectivity index (χ0n) is 12.0. The van der Waals surface area contributed by atoms with Crippen LogP contribution in [0.3, 0.4) is 0 Å². The fourth-order valence-electron chi connectivity index (χ4n) is 2.25. The summed E-state index contributed by atoms with van der Waals surface area (Å²) in [7, 11) is -0.390. The number of nitrogens with zero attached hydrogens (tertiary/aromatic N) is 1. The number of rotatable bonds is 7. The second kappa shape index (κ2) is 5.71. The first-order valence-corrected chi connectivity index (χ1v) is 8.22. The maximum atomic E-state index is 12.3. The molecule has 0 unspecified atom stereocenters. The van der Waals surface area contributed by atoms with Crippen LogP contribution in [0.15, 0.2) is 29.2 Å². The summed E-state index contributed by atoms with van der Waals surface area (Å²) in [5, 5.41) is 12.3. The van der Waals surface area contributed by atoms with E-state index >= 15 is 0 Å². The number of aliphatic hydroxyl groups is 1. The van der Waals surface area contributed by atoms with Crippen LogP contribution in [0.2, 0.25) is 0 Å². The predicted molar refractivity (Wildman–Crippen MR) is 79.2 cm³/mol. The summed E-state index contributed by atoms with van der Waals surface area (Å²) in [6.07, 6.45) is 2.94. The van der Waals surface area contributed by atoms with Crippen molar-refractivity contribution in [1.29, 1.82) is 0 Å². The third kappa shape index (κ3) is 3.13. The predicted octanol–water partition coefficient (Wildman–Crippen LogP) is 1.51. The Labute approximate surface area is 120 Å². The van der Waals surface area contributed by atoms with Crippen LogP contribution in [0.4, 0.5) is 5.69 Å². The number of benzene rings is 1. The van der Waals surface area contributed by atoms with Gasteiger partial charge >= 0.3 is 0 Å². The Morgan fingerprint density at radius 1 is 1.30 bits per heavy atom. The van der Waals surface area contributed by atoms with Crippen LogP contribution in [-0.4, -0.2) is 45.1 Å². The van der Waals surface area contributed by atoms with Crippen LogP contribution < -0.4 is 5.32 Å². The highest BCUT2D eigenvalue weighted by molar-refractivity contribution is 7.89. The fourth-order valence-corrected chi connectivity index (χ4v) is 3.31. The summed E-state index contributed by atoms with van der Waals surface area (Å²) in [6.45, 7) is 0.882. The van der Waals surface area contributed by atoms with Gasteiger partial charge in [-0.2, -0.15) is 0 Å². The highest BCUT2D eigenvalue weighted by atomic mass is 32.2. The Morgan fingerprint density at radius 3 is 2.50 bits per heavy atom. The third-order valence-corrected chi connectivity index (χ3v) is 5.77. The van der Waals surface area contributed by atoms with Gasteiger partial charge in [0, 0.05) is 27.2 Å². The summed E-state index contributed by atoms with van der Waals surface area (Å²) in [6, 6.07) is 6.94. The lowest BCUT2D eigenvalue weighted by molar-refractivity contribution is 0.253. The van der Waals surface area contributed by atoms with Crippen LogP contribution in [0.25, 0.3) is 0 Å². The van der Waals surface area contributed by atoms with Gasteiger partial charge in [0.25, 0.3) is 0 Å². The van der Waals surface area contributed by atoms with E-state index in [1.54, 1.807) is 18.2 Å². The van der Waals surface area contributed by atoms with Gasteiger partial charge in [-0.15, -0.1) is 0 Å². The van der Waals surface area contributed by atoms with Gasteiger partial charge in [0.05, 0.1) is 5.69 Å². The molecule has 20 heavy (non-hydrogen) atoms. The first-order chi connectivity index (χ1) is 9.41. The molecule has 0 aromatic heterocycles. The van der Waals surface area contributed by atoms with Crippen molar-refractivity contribution in [3.8, 4) is 0 Å². The van der Waals surface area contributed by atoms with Gasteiger partial charge < -0.3 is 10.4 Å². The molecular formula is C14H22N2O3S. The molecule has 0 heterocycles. The van der Waals surface area contributed by atoms with E-state index < -0.39 is 10.0 Å². The van der Waals surface area contributed by atoms with Gasteiger partial charge in [-0.1, -0.05) is 12.1 Å². The molecule has 0 radical (unpaired) electrons. The number of nitrogens with one attached hydrogen (secondary N) is 1. The van der Waals surface area contributed by atoms with Crippen molar-refractivity contribution in [2.45, 2.75) is 24.2 Å². The molecule has 0 saturated heterocycles. The fraction of sp³-hybridized carbons (Fsp3) is 0.571. The first kappa shape index (κ1) is 15.3. The topological polar surface area (TPSA) is 69.6 Å². The SMILES string of the molecule is CN(C)S(=O)(=O)c1ccccc1NCC1(CCO)CC1. The molecule has 0 amide bonds. The Balaban J connectivity index is 2.17. The summed E-state index contributed by atoms with van der Waals surface area (Å²) < 4.78 is 25.7. The summed E-state index contributed by atoms with van der Waals surface area (Å²) >= 11 is 0. The van der Waals surface area contributed by atoms with Crippen molar-refractivity contribution >= 4 is 15.7 Å². The Kier molecular flexibility index (Phi) is 4.36. The van der Waals surface area contributed by atoms with Crippen LogP contribution in [0.5, 0.6) is 0 Å². The van der Waals surface area contributed by atoms with Crippen molar-refractivity contribution in [2.75, 3.05) is 32.6 Å². The summed E-state index contributed by atoms with van der Waals surface area (Å²) in [5.74, 6) is 0. The van der Waals surface area contributed by atoms with Crippen molar-refractivity contribution in [3.63, 3.8) is 0 Å². The lowest BCUT2D eigenvalue weighted by Gasteiger charge is -2.19. The van der Waals surface area contributed by atoms with Crippen molar-refractivity contribution in [2.24, 2.45) is 5.41 Å². The summed E-state index contributed by atoms with van der Waals surface area (Å²) in [4.78, 5) is 0.296. The molecule has 0 spiro atoms. The molecule has 2 rings (SSSR count). The highest BCUT2D eigenvalue weighted by Gasteiger charge is 2.41. The Hall–Kier alpha value is -1.11. The molecule has 1 fully saturated rings. The highest BCUT2D eigenvalue weighted by Crippen LogP contribution is 2.48. The number of para-hydroxylation sites is 1. The molecule has 1 aromatic carbocycles. The van der Waals surface area contributed by atoms with E-state index in [2.05, 4.69) is 5.32 Å². The number of sulfonamides is 1. The van der Waals surface area contributed by atoms with Gasteiger partial charge in [-0.05, 0) is 36.8 Å². The number of anilines is 1. The van der Waals surface area contributed by atoms with Crippen LogP contribution in [0.1, 0.15) is 19.3 Å². The zero-order chi connectivity index (χ0) is 14.8. The monoisotopic (exact) mass is 298 g/mol. The molecule has 2 N–H and O–H groups in total. The largest absolute Gasteiger partial charge is 0.396 e. The van der Waals surface area contributed by atoms with E-state index in [9.17, 15) is 8.42 Å². The van der Waals surface area contributed by atoms with Crippen molar-refractivity contribution in [1.82, 2.24) is 4.31 Å². The first-order valence-electron chi connectivity index (χ1n) is 6.78. The van der Waals surface area contributed by atoms with E-state index in [1.165, 1.54) is 18.4 Å². The van der Waals surface area contributed by atoms with Crippen molar-refractivity contribution in [3.05, 3.63) is 24.3 Å². The average Bonchev–Trinajstić information content (AvgIpc) is 3.17. The second-order valence-corrected chi connectivity index (χ2v) is 7.73. The van der Waals surface area contributed by atoms with Gasteiger partial charge in [0.2, 0.25) is 10.0 Å². The molecule has 1 saturated carbocycles. The number of hydrogen-bond acceptors (Lipinski definition) is 4. The van der Waals surface area contributed by atoms with Gasteiger partial charge in [0.1, 0.15) is 4.90 Å². The normalized spacial score (nSPS) is 17.2. The molecule has 1 aromatic rings. The molecular weight excluding hydrogens is 276 g/mol. The van der Waals surface area contributed by atoms with E-state index in [1.807, 2.05) is 6.07 Å². The smallest absolute Gasteiger partial charge is 0.244 e. The minimum Gasteiger partial charge on any atom is -0.396 e. The van der Waals surface area contributed by atoms with E-state index in [0.717, 1.165) is 19.3 Å². The maximum absolute atomic E-state index is 12.3. The average molecular weight is 298 g/mol. The third-order valence-electron chi connectivity index (χ3n) is 3.90. The molecule has 6 heteroatoms. The van der Waals surface area contributed by atoms with Gasteiger partial charge in [0.15, 0.2) is 0 Å².